The fourth-order valence-electron chi connectivity index (χ4n) is 4.29. The van der Waals surface area contributed by atoms with Gasteiger partial charge in [-0.1, -0.05) is 6.92 Å². The van der Waals surface area contributed by atoms with Crippen LogP contribution in [0.4, 0.5) is 0 Å². The lowest BCUT2D eigenvalue weighted by atomic mass is 9.82. The van der Waals surface area contributed by atoms with Crippen molar-refractivity contribution in [2.75, 3.05) is 26.2 Å². The number of nitrogens with zero attached hydrogens (tertiary/aromatic N) is 2. The lowest BCUT2D eigenvalue weighted by molar-refractivity contribution is 0.0255. The van der Waals surface area contributed by atoms with Crippen molar-refractivity contribution in [2.45, 2.75) is 84.7 Å². The SMILES string of the molecule is CC1CCN(C(C)(C)CC2CCCN(C(C)(C)C)C2)CC1. The zero-order valence-electron chi connectivity index (χ0n) is 15.4. The largest absolute Gasteiger partial charge is 0.298 e. The van der Waals surface area contributed by atoms with Gasteiger partial charge in [0.25, 0.3) is 0 Å². The first-order chi connectivity index (χ1) is 9.68. The van der Waals surface area contributed by atoms with Crippen molar-refractivity contribution in [1.29, 1.82) is 0 Å². The van der Waals surface area contributed by atoms with E-state index >= 15 is 0 Å². The van der Waals surface area contributed by atoms with E-state index in [0.717, 1.165) is 11.8 Å². The molecule has 0 spiro atoms. The van der Waals surface area contributed by atoms with Gasteiger partial charge in [-0.05, 0) is 98.2 Å². The van der Waals surface area contributed by atoms with E-state index in [1.54, 1.807) is 0 Å². The lowest BCUT2D eigenvalue weighted by Gasteiger charge is -2.47. The van der Waals surface area contributed by atoms with Gasteiger partial charge in [0.2, 0.25) is 0 Å². The summed E-state index contributed by atoms with van der Waals surface area (Å²) in [5.74, 6) is 1.82. The number of hydrogen-bond donors (Lipinski definition) is 0. The van der Waals surface area contributed by atoms with Crippen LogP contribution in [0.15, 0.2) is 0 Å². The topological polar surface area (TPSA) is 6.48 Å². The quantitative estimate of drug-likeness (QED) is 0.761. The molecule has 1 unspecified atom stereocenters. The molecule has 124 valence electrons. The fraction of sp³-hybridized carbons (Fsp3) is 1.00. The van der Waals surface area contributed by atoms with Gasteiger partial charge in [0, 0.05) is 17.6 Å². The van der Waals surface area contributed by atoms with Crippen LogP contribution >= 0.6 is 0 Å². The zero-order chi connectivity index (χ0) is 15.7. The Kier molecular flexibility index (Phi) is 5.41. The summed E-state index contributed by atoms with van der Waals surface area (Å²) in [5, 5.41) is 0. The van der Waals surface area contributed by atoms with Crippen molar-refractivity contribution < 1.29 is 0 Å². The predicted octanol–water partition coefficient (Wildman–Crippen LogP) is 4.40. The average Bonchev–Trinajstić information content (AvgIpc) is 2.38. The van der Waals surface area contributed by atoms with Gasteiger partial charge in [0.15, 0.2) is 0 Å². The van der Waals surface area contributed by atoms with Crippen molar-refractivity contribution in [3.63, 3.8) is 0 Å². The van der Waals surface area contributed by atoms with E-state index in [2.05, 4.69) is 51.3 Å². The molecule has 2 aliphatic rings. The molecule has 2 aliphatic heterocycles. The number of piperidine rings is 2. The zero-order valence-corrected chi connectivity index (χ0v) is 15.4. The van der Waals surface area contributed by atoms with Crippen molar-refractivity contribution >= 4 is 0 Å². The molecule has 0 saturated carbocycles. The maximum Gasteiger partial charge on any atom is 0.0156 e. The highest BCUT2D eigenvalue weighted by molar-refractivity contribution is 4.90. The molecule has 2 saturated heterocycles. The monoisotopic (exact) mass is 294 g/mol. The van der Waals surface area contributed by atoms with E-state index in [-0.39, 0.29) is 0 Å². The Morgan fingerprint density at radius 3 is 2.05 bits per heavy atom. The Hall–Kier alpha value is -0.0800. The average molecular weight is 295 g/mol. The molecular weight excluding hydrogens is 256 g/mol. The van der Waals surface area contributed by atoms with E-state index in [9.17, 15) is 0 Å². The summed E-state index contributed by atoms with van der Waals surface area (Å²) >= 11 is 0. The van der Waals surface area contributed by atoms with Crippen LogP contribution in [0, 0.1) is 11.8 Å². The molecule has 2 heteroatoms. The molecular formula is C19H38N2. The molecule has 2 fully saturated rings. The minimum Gasteiger partial charge on any atom is -0.298 e. The van der Waals surface area contributed by atoms with Crippen LogP contribution in [-0.2, 0) is 0 Å². The Labute approximate surface area is 133 Å². The smallest absolute Gasteiger partial charge is 0.0156 e. The highest BCUT2D eigenvalue weighted by Crippen LogP contribution is 2.33. The summed E-state index contributed by atoms with van der Waals surface area (Å²) in [6.07, 6.45) is 6.97. The molecule has 0 aromatic carbocycles. The van der Waals surface area contributed by atoms with Crippen molar-refractivity contribution in [3.05, 3.63) is 0 Å². The molecule has 2 rings (SSSR count). The molecule has 0 N–H and O–H groups in total. The molecule has 0 radical (unpaired) electrons. The minimum absolute atomic E-state index is 0.337. The second-order valence-corrected chi connectivity index (χ2v) is 9.31. The standard InChI is InChI=1S/C19H38N2/c1-16-9-12-20(13-10-16)19(5,6)14-17-8-7-11-21(15-17)18(2,3)4/h16-17H,7-15H2,1-6H3. The van der Waals surface area contributed by atoms with Gasteiger partial charge in [-0.2, -0.15) is 0 Å². The van der Waals surface area contributed by atoms with Crippen LogP contribution in [0.2, 0.25) is 0 Å². The molecule has 0 aliphatic carbocycles. The van der Waals surface area contributed by atoms with E-state index in [0.29, 0.717) is 11.1 Å². The van der Waals surface area contributed by atoms with E-state index in [4.69, 9.17) is 0 Å². The number of rotatable bonds is 3. The summed E-state index contributed by atoms with van der Waals surface area (Å²) < 4.78 is 0. The van der Waals surface area contributed by atoms with Gasteiger partial charge in [-0.3, -0.25) is 9.80 Å². The van der Waals surface area contributed by atoms with E-state index < -0.39 is 0 Å². The van der Waals surface area contributed by atoms with Gasteiger partial charge in [0.1, 0.15) is 0 Å². The Morgan fingerprint density at radius 2 is 1.48 bits per heavy atom. The van der Waals surface area contributed by atoms with Crippen molar-refractivity contribution in [2.24, 2.45) is 11.8 Å². The summed E-state index contributed by atoms with van der Waals surface area (Å²) in [5.41, 5.74) is 0.717. The summed E-state index contributed by atoms with van der Waals surface area (Å²) in [4.78, 5) is 5.47. The third kappa shape index (κ3) is 4.69. The molecule has 0 aromatic heterocycles. The Morgan fingerprint density at radius 1 is 0.857 bits per heavy atom. The van der Waals surface area contributed by atoms with Crippen LogP contribution in [0.5, 0.6) is 0 Å². The highest BCUT2D eigenvalue weighted by Gasteiger charge is 2.35. The third-order valence-electron chi connectivity index (χ3n) is 5.90. The number of hydrogen-bond acceptors (Lipinski definition) is 2. The first-order valence-corrected chi connectivity index (χ1v) is 9.18. The first-order valence-electron chi connectivity index (χ1n) is 9.18. The van der Waals surface area contributed by atoms with Crippen molar-refractivity contribution in [3.8, 4) is 0 Å². The highest BCUT2D eigenvalue weighted by atomic mass is 15.2. The van der Waals surface area contributed by atoms with Gasteiger partial charge in [-0.25, -0.2) is 0 Å². The van der Waals surface area contributed by atoms with E-state index in [1.165, 1.54) is 58.3 Å². The maximum absolute atomic E-state index is 2.77. The molecule has 0 bridgehead atoms. The Balaban J connectivity index is 1.90. The van der Waals surface area contributed by atoms with Crippen molar-refractivity contribution in [1.82, 2.24) is 9.80 Å². The molecule has 1 atom stereocenters. The van der Waals surface area contributed by atoms with Crippen LogP contribution in [0.25, 0.3) is 0 Å². The van der Waals surface area contributed by atoms with Crippen LogP contribution < -0.4 is 0 Å². The second-order valence-electron chi connectivity index (χ2n) is 9.31. The molecule has 21 heavy (non-hydrogen) atoms. The van der Waals surface area contributed by atoms with Crippen LogP contribution in [0.1, 0.15) is 73.6 Å². The minimum atomic E-state index is 0.337. The number of likely N-dealkylation sites (tertiary alicyclic amines) is 2. The lowest BCUT2D eigenvalue weighted by Crippen LogP contribution is -2.52. The second kappa shape index (κ2) is 6.58. The van der Waals surface area contributed by atoms with Gasteiger partial charge in [0.05, 0.1) is 0 Å². The molecule has 2 nitrogen and oxygen atoms in total. The maximum atomic E-state index is 2.77. The molecule has 0 aromatic rings. The third-order valence-corrected chi connectivity index (χ3v) is 5.90. The predicted molar refractivity (Wildman–Crippen MR) is 92.7 cm³/mol. The van der Waals surface area contributed by atoms with Crippen LogP contribution in [-0.4, -0.2) is 47.1 Å². The Bertz CT molecular complexity index is 321. The summed E-state index contributed by atoms with van der Waals surface area (Å²) in [6.45, 7) is 19.7. The van der Waals surface area contributed by atoms with Crippen LogP contribution in [0.3, 0.4) is 0 Å². The normalized spacial score (nSPS) is 28.0. The van der Waals surface area contributed by atoms with Gasteiger partial charge in [-0.15, -0.1) is 0 Å². The van der Waals surface area contributed by atoms with Gasteiger partial charge < -0.3 is 0 Å². The molecule has 2 heterocycles. The fourth-order valence-corrected chi connectivity index (χ4v) is 4.29. The van der Waals surface area contributed by atoms with E-state index in [1.807, 2.05) is 0 Å². The molecule has 0 amide bonds. The first kappa shape index (κ1) is 17.3. The van der Waals surface area contributed by atoms with Gasteiger partial charge >= 0.3 is 0 Å². The summed E-state index contributed by atoms with van der Waals surface area (Å²) in [6, 6.07) is 0. The summed E-state index contributed by atoms with van der Waals surface area (Å²) in [7, 11) is 0.